The lowest BCUT2D eigenvalue weighted by atomic mass is 10.2. The quantitative estimate of drug-likeness (QED) is 0.717. The van der Waals surface area contributed by atoms with E-state index in [1.165, 1.54) is 11.0 Å². The van der Waals surface area contributed by atoms with Gasteiger partial charge in [0.1, 0.15) is 11.9 Å². The average molecular weight is 422 g/mol. The molecule has 0 saturated carbocycles. The number of anilines is 1. The van der Waals surface area contributed by atoms with Gasteiger partial charge in [0, 0.05) is 6.20 Å². The molecule has 0 bridgehead atoms. The first-order chi connectivity index (χ1) is 13.5. The van der Waals surface area contributed by atoms with Crippen LogP contribution in [-0.4, -0.2) is 48.3 Å². The highest BCUT2D eigenvalue weighted by Gasteiger charge is 2.37. The second kappa shape index (κ2) is 7.89. The number of benzene rings is 1. The largest absolute Gasteiger partial charge is 0.441 e. The van der Waals surface area contributed by atoms with Gasteiger partial charge in [-0.15, -0.1) is 0 Å². The molecule has 29 heavy (non-hydrogen) atoms. The van der Waals surface area contributed by atoms with Gasteiger partial charge in [0.2, 0.25) is 0 Å². The van der Waals surface area contributed by atoms with Crippen LogP contribution < -0.4 is 4.90 Å². The zero-order chi connectivity index (χ0) is 21.4. The van der Waals surface area contributed by atoms with Gasteiger partial charge in [0.05, 0.1) is 43.2 Å². The normalized spacial score (nSPS) is 17.7. The number of ether oxygens (including phenoxy) is 1. The first-order valence-corrected chi connectivity index (χ1v) is 12.5. The van der Waals surface area contributed by atoms with Crippen molar-refractivity contribution in [1.29, 1.82) is 0 Å². The molecular formula is C20H28FN3O4Si. The zero-order valence-corrected chi connectivity index (χ0v) is 18.5. The smallest absolute Gasteiger partial charge is 0.414 e. The van der Waals surface area contributed by atoms with Crippen LogP contribution in [0.3, 0.4) is 0 Å². The standard InChI is InChI=1S/C20H28FN3O4Si/c1-20(2,3)29(4,5)27-12-14-9-23(13-22-14)18-7-6-15(8-17(18)21)24-10-16(11-25)28-19(24)26/h6-9,13,16,25H,10-12H2,1-5H3/t16-/m1/s1. The van der Waals surface area contributed by atoms with Crippen molar-refractivity contribution in [1.82, 2.24) is 9.55 Å². The molecule has 1 N–H and O–H groups in total. The van der Waals surface area contributed by atoms with Crippen LogP contribution in [-0.2, 0) is 15.8 Å². The summed E-state index contributed by atoms with van der Waals surface area (Å²) in [7, 11) is -1.90. The number of aliphatic hydroxyl groups excluding tert-OH is 1. The van der Waals surface area contributed by atoms with Gasteiger partial charge < -0.3 is 18.8 Å². The van der Waals surface area contributed by atoms with Crippen molar-refractivity contribution in [2.75, 3.05) is 18.1 Å². The third-order valence-corrected chi connectivity index (χ3v) is 10.1. The molecule has 1 aromatic heterocycles. The van der Waals surface area contributed by atoms with E-state index in [-0.39, 0.29) is 18.2 Å². The molecule has 0 radical (unpaired) electrons. The fourth-order valence-corrected chi connectivity index (χ4v) is 3.68. The Balaban J connectivity index is 1.73. The van der Waals surface area contributed by atoms with E-state index in [4.69, 9.17) is 14.3 Å². The fourth-order valence-electron chi connectivity index (χ4n) is 2.74. The summed E-state index contributed by atoms with van der Waals surface area (Å²) in [4.78, 5) is 17.5. The summed E-state index contributed by atoms with van der Waals surface area (Å²) >= 11 is 0. The first-order valence-electron chi connectivity index (χ1n) is 9.57. The maximum absolute atomic E-state index is 14.7. The Morgan fingerprint density at radius 1 is 1.38 bits per heavy atom. The van der Waals surface area contributed by atoms with Gasteiger partial charge in [-0.25, -0.2) is 14.2 Å². The highest BCUT2D eigenvalue weighted by Crippen LogP contribution is 2.37. The molecule has 1 aliphatic heterocycles. The van der Waals surface area contributed by atoms with Crippen LogP contribution in [0.2, 0.25) is 18.1 Å². The van der Waals surface area contributed by atoms with Gasteiger partial charge in [0.25, 0.3) is 0 Å². The Bertz CT molecular complexity index is 894. The maximum atomic E-state index is 14.7. The van der Waals surface area contributed by atoms with Crippen LogP contribution in [0.4, 0.5) is 14.9 Å². The topological polar surface area (TPSA) is 76.8 Å². The molecule has 7 nitrogen and oxygen atoms in total. The van der Waals surface area contributed by atoms with E-state index in [9.17, 15) is 9.18 Å². The number of carbonyl (C=O) groups excluding carboxylic acids is 1. The van der Waals surface area contributed by atoms with E-state index < -0.39 is 26.3 Å². The van der Waals surface area contributed by atoms with E-state index in [1.807, 2.05) is 0 Å². The third kappa shape index (κ3) is 4.52. The van der Waals surface area contributed by atoms with Crippen molar-refractivity contribution < 1.29 is 23.5 Å². The average Bonchev–Trinajstić information content (AvgIpc) is 3.25. The molecule has 0 spiro atoms. The number of carbonyl (C=O) groups is 1. The molecule has 1 saturated heterocycles. The number of aliphatic hydroxyl groups is 1. The predicted octanol–water partition coefficient (Wildman–Crippen LogP) is 3.85. The highest BCUT2D eigenvalue weighted by molar-refractivity contribution is 6.74. The van der Waals surface area contributed by atoms with Crippen molar-refractivity contribution in [2.45, 2.75) is 51.6 Å². The van der Waals surface area contributed by atoms with Crippen molar-refractivity contribution >= 4 is 20.1 Å². The number of hydrogen-bond acceptors (Lipinski definition) is 5. The lowest BCUT2D eigenvalue weighted by Gasteiger charge is -2.35. The minimum absolute atomic E-state index is 0.100. The Hall–Kier alpha value is -2.23. The lowest BCUT2D eigenvalue weighted by Crippen LogP contribution is -2.40. The summed E-state index contributed by atoms with van der Waals surface area (Å²) < 4.78 is 27.5. The maximum Gasteiger partial charge on any atom is 0.414 e. The van der Waals surface area contributed by atoms with Crippen LogP contribution in [0.5, 0.6) is 0 Å². The van der Waals surface area contributed by atoms with E-state index in [0.29, 0.717) is 18.0 Å². The van der Waals surface area contributed by atoms with Crippen molar-refractivity contribution in [3.63, 3.8) is 0 Å². The summed E-state index contributed by atoms with van der Waals surface area (Å²) in [6.45, 7) is 11.2. The van der Waals surface area contributed by atoms with Gasteiger partial charge in [-0.2, -0.15) is 0 Å². The molecule has 0 aliphatic carbocycles. The van der Waals surface area contributed by atoms with Crippen LogP contribution in [0, 0.1) is 5.82 Å². The number of imidazole rings is 1. The summed E-state index contributed by atoms with van der Waals surface area (Å²) in [5.41, 5.74) is 1.44. The molecule has 1 aliphatic rings. The second-order valence-corrected chi connectivity index (χ2v) is 13.6. The minimum atomic E-state index is -1.90. The Morgan fingerprint density at radius 3 is 2.69 bits per heavy atom. The van der Waals surface area contributed by atoms with E-state index in [1.54, 1.807) is 29.2 Å². The summed E-state index contributed by atoms with van der Waals surface area (Å²) in [6.07, 6.45) is 2.11. The molecule has 1 aromatic carbocycles. The van der Waals surface area contributed by atoms with Crippen molar-refractivity contribution in [3.05, 3.63) is 42.2 Å². The van der Waals surface area contributed by atoms with Crippen molar-refractivity contribution in [2.24, 2.45) is 0 Å². The van der Waals surface area contributed by atoms with Gasteiger partial charge in [0.15, 0.2) is 8.32 Å². The van der Waals surface area contributed by atoms with Gasteiger partial charge in [-0.05, 0) is 36.3 Å². The van der Waals surface area contributed by atoms with Crippen LogP contribution in [0.15, 0.2) is 30.7 Å². The number of halogens is 1. The van der Waals surface area contributed by atoms with E-state index >= 15 is 0 Å². The third-order valence-electron chi connectivity index (χ3n) is 5.62. The fraction of sp³-hybridized carbons (Fsp3) is 0.500. The monoisotopic (exact) mass is 421 g/mol. The zero-order valence-electron chi connectivity index (χ0n) is 17.5. The number of nitrogens with zero attached hydrogens (tertiary/aromatic N) is 3. The van der Waals surface area contributed by atoms with Crippen LogP contribution in [0.25, 0.3) is 5.69 Å². The molecule has 1 amide bonds. The van der Waals surface area contributed by atoms with Gasteiger partial charge in [-0.3, -0.25) is 4.90 Å². The summed E-state index contributed by atoms with van der Waals surface area (Å²) in [5, 5.41) is 9.24. The Kier molecular flexibility index (Phi) is 5.84. The Morgan fingerprint density at radius 2 is 2.10 bits per heavy atom. The molecule has 1 fully saturated rings. The summed E-state index contributed by atoms with van der Waals surface area (Å²) in [5.74, 6) is -0.489. The first kappa shape index (κ1) is 21.5. The number of aromatic nitrogens is 2. The van der Waals surface area contributed by atoms with E-state index in [0.717, 1.165) is 5.69 Å². The molecule has 9 heteroatoms. The van der Waals surface area contributed by atoms with Gasteiger partial charge >= 0.3 is 6.09 Å². The molecule has 2 aromatic rings. The molecule has 3 rings (SSSR count). The number of cyclic esters (lactones) is 1. The summed E-state index contributed by atoms with van der Waals surface area (Å²) in [6, 6.07) is 4.51. The molecule has 0 unspecified atom stereocenters. The highest BCUT2D eigenvalue weighted by atomic mass is 28.4. The van der Waals surface area contributed by atoms with Crippen molar-refractivity contribution in [3.8, 4) is 5.69 Å². The molecule has 158 valence electrons. The second-order valence-electron chi connectivity index (χ2n) is 8.76. The number of amides is 1. The van der Waals surface area contributed by atoms with Crippen LogP contribution >= 0.6 is 0 Å². The Labute approximate surface area is 171 Å². The van der Waals surface area contributed by atoms with Gasteiger partial charge in [-0.1, -0.05) is 20.8 Å². The van der Waals surface area contributed by atoms with Crippen LogP contribution in [0.1, 0.15) is 26.5 Å². The lowest BCUT2D eigenvalue weighted by molar-refractivity contribution is 0.0963. The molecule has 2 heterocycles. The van der Waals surface area contributed by atoms with E-state index in [2.05, 4.69) is 38.8 Å². The SMILES string of the molecule is CC(C)(C)[Si](C)(C)OCc1cn(-c2ccc(N3C[C@H](CO)OC3=O)cc2F)cn1. The number of rotatable bonds is 6. The predicted molar refractivity (Wildman–Crippen MR) is 110 cm³/mol. The number of hydrogen-bond donors (Lipinski definition) is 1. The minimum Gasteiger partial charge on any atom is -0.441 e. The molecular weight excluding hydrogens is 393 g/mol. The molecule has 1 atom stereocenters.